The number of primary amides is 1. The Hall–Kier alpha value is -1.91. The van der Waals surface area contributed by atoms with Crippen molar-refractivity contribution in [3.05, 3.63) is 29.6 Å². The van der Waals surface area contributed by atoms with Crippen LogP contribution >= 0.6 is 0 Å². The number of benzene rings is 1. The molecule has 0 spiro atoms. The van der Waals surface area contributed by atoms with E-state index < -0.39 is 11.7 Å². The Morgan fingerprint density at radius 2 is 2.13 bits per heavy atom. The van der Waals surface area contributed by atoms with E-state index in [1.54, 1.807) is 0 Å². The molecule has 0 radical (unpaired) electrons. The zero-order chi connectivity index (χ0) is 11.4. The molecule has 15 heavy (non-hydrogen) atoms. The molecule has 0 bridgehead atoms. The van der Waals surface area contributed by atoms with E-state index in [0.29, 0.717) is 0 Å². The summed E-state index contributed by atoms with van der Waals surface area (Å²) in [4.78, 5) is 21.6. The second-order valence-corrected chi connectivity index (χ2v) is 2.95. The highest BCUT2D eigenvalue weighted by Crippen LogP contribution is 2.20. The standard InChI is InChI=1S/C10H10FNO3/c1-6(13)8-3-2-7(11)4-9(8)15-5-10(12)14/h2-4H,5H2,1H3,(H2,12,14). The van der Waals surface area contributed by atoms with Gasteiger partial charge in [0, 0.05) is 6.07 Å². The molecule has 4 nitrogen and oxygen atoms in total. The molecule has 0 aromatic heterocycles. The van der Waals surface area contributed by atoms with Gasteiger partial charge >= 0.3 is 0 Å². The minimum Gasteiger partial charge on any atom is -0.483 e. The minimum atomic E-state index is -0.686. The molecule has 0 aliphatic heterocycles. The highest BCUT2D eigenvalue weighted by Gasteiger charge is 2.10. The average Bonchev–Trinajstić information content (AvgIpc) is 2.14. The normalized spacial score (nSPS) is 9.73. The van der Waals surface area contributed by atoms with E-state index in [-0.39, 0.29) is 23.7 Å². The van der Waals surface area contributed by atoms with Crippen molar-refractivity contribution in [1.82, 2.24) is 0 Å². The number of ether oxygens (including phenoxy) is 1. The summed E-state index contributed by atoms with van der Waals surface area (Å²) in [5.41, 5.74) is 5.08. The van der Waals surface area contributed by atoms with Crippen LogP contribution in [0.4, 0.5) is 4.39 Å². The number of Topliss-reactive ketones (excluding diaryl/α,β-unsaturated/α-hetero) is 1. The lowest BCUT2D eigenvalue weighted by molar-refractivity contribution is -0.119. The summed E-state index contributed by atoms with van der Waals surface area (Å²) in [6.45, 7) is 0.939. The molecule has 80 valence electrons. The molecule has 1 aromatic carbocycles. The summed E-state index contributed by atoms with van der Waals surface area (Å²) in [5.74, 6) is -1.47. The largest absolute Gasteiger partial charge is 0.483 e. The van der Waals surface area contributed by atoms with Crippen molar-refractivity contribution in [3.8, 4) is 5.75 Å². The molecule has 0 saturated carbocycles. The Morgan fingerprint density at radius 3 is 2.67 bits per heavy atom. The van der Waals surface area contributed by atoms with Crippen LogP contribution in [0.15, 0.2) is 18.2 Å². The lowest BCUT2D eigenvalue weighted by atomic mass is 10.1. The summed E-state index contributed by atoms with van der Waals surface area (Å²) in [6, 6.07) is 3.49. The van der Waals surface area contributed by atoms with Gasteiger partial charge in [-0.25, -0.2) is 4.39 Å². The predicted molar refractivity (Wildman–Crippen MR) is 51.1 cm³/mol. The van der Waals surface area contributed by atoms with E-state index in [2.05, 4.69) is 0 Å². The number of hydrogen-bond donors (Lipinski definition) is 1. The van der Waals surface area contributed by atoms with Gasteiger partial charge in [0.15, 0.2) is 12.4 Å². The Labute approximate surface area is 85.8 Å². The van der Waals surface area contributed by atoms with E-state index in [1.807, 2.05) is 0 Å². The molecule has 0 aliphatic rings. The van der Waals surface area contributed by atoms with E-state index >= 15 is 0 Å². The Morgan fingerprint density at radius 1 is 1.47 bits per heavy atom. The van der Waals surface area contributed by atoms with E-state index in [0.717, 1.165) is 12.1 Å². The molecule has 1 aromatic rings. The first-order chi connectivity index (χ1) is 7.00. The van der Waals surface area contributed by atoms with Crippen LogP contribution in [0.1, 0.15) is 17.3 Å². The lowest BCUT2D eigenvalue weighted by Gasteiger charge is -2.07. The first kappa shape index (κ1) is 11.2. The number of hydrogen-bond acceptors (Lipinski definition) is 3. The Balaban J connectivity index is 2.96. The SMILES string of the molecule is CC(=O)c1ccc(F)cc1OCC(N)=O. The number of nitrogens with two attached hydrogens (primary N) is 1. The fourth-order valence-electron chi connectivity index (χ4n) is 1.06. The van der Waals surface area contributed by atoms with E-state index in [1.165, 1.54) is 13.0 Å². The summed E-state index contributed by atoms with van der Waals surface area (Å²) in [7, 11) is 0. The molecule has 0 saturated heterocycles. The molecule has 1 amide bonds. The summed E-state index contributed by atoms with van der Waals surface area (Å²) in [5, 5.41) is 0. The molecule has 1 rings (SSSR count). The third-order valence-corrected chi connectivity index (χ3v) is 1.69. The van der Waals surface area contributed by atoms with Crippen LogP contribution in [0.2, 0.25) is 0 Å². The maximum atomic E-state index is 12.8. The fourth-order valence-corrected chi connectivity index (χ4v) is 1.06. The Bertz CT molecular complexity index is 404. The minimum absolute atomic E-state index is 0.0290. The molecule has 0 fully saturated rings. The molecule has 0 aliphatic carbocycles. The van der Waals surface area contributed by atoms with Crippen molar-refractivity contribution in [3.63, 3.8) is 0 Å². The maximum absolute atomic E-state index is 12.8. The van der Waals surface area contributed by atoms with Crippen LogP contribution in [-0.4, -0.2) is 18.3 Å². The Kier molecular flexibility index (Phi) is 3.38. The zero-order valence-corrected chi connectivity index (χ0v) is 8.12. The van der Waals surface area contributed by atoms with Crippen molar-refractivity contribution in [1.29, 1.82) is 0 Å². The summed E-state index contributed by atoms with van der Waals surface area (Å²) >= 11 is 0. The van der Waals surface area contributed by atoms with Gasteiger partial charge < -0.3 is 10.5 Å². The van der Waals surface area contributed by atoms with Crippen LogP contribution in [0.25, 0.3) is 0 Å². The van der Waals surface area contributed by atoms with Gasteiger partial charge in [0.2, 0.25) is 0 Å². The monoisotopic (exact) mass is 211 g/mol. The van der Waals surface area contributed by atoms with E-state index in [4.69, 9.17) is 10.5 Å². The van der Waals surface area contributed by atoms with Crippen molar-refractivity contribution in [2.45, 2.75) is 6.92 Å². The van der Waals surface area contributed by atoms with Crippen molar-refractivity contribution < 1.29 is 18.7 Å². The predicted octanol–water partition coefficient (Wildman–Crippen LogP) is 0.892. The number of halogens is 1. The molecule has 0 atom stereocenters. The molecule has 5 heteroatoms. The maximum Gasteiger partial charge on any atom is 0.255 e. The highest BCUT2D eigenvalue weighted by molar-refractivity contribution is 5.96. The van der Waals surface area contributed by atoms with Crippen LogP contribution in [0, 0.1) is 5.82 Å². The zero-order valence-electron chi connectivity index (χ0n) is 8.12. The van der Waals surface area contributed by atoms with Gasteiger partial charge in [-0.3, -0.25) is 9.59 Å². The topological polar surface area (TPSA) is 69.4 Å². The summed E-state index contributed by atoms with van der Waals surface area (Å²) in [6.07, 6.45) is 0. The van der Waals surface area contributed by atoms with Crippen LogP contribution < -0.4 is 10.5 Å². The smallest absolute Gasteiger partial charge is 0.255 e. The van der Waals surface area contributed by atoms with Crippen molar-refractivity contribution >= 4 is 11.7 Å². The molecule has 0 heterocycles. The van der Waals surface area contributed by atoms with Crippen LogP contribution in [0.5, 0.6) is 5.75 Å². The van der Waals surface area contributed by atoms with Gasteiger partial charge in [-0.2, -0.15) is 0 Å². The second-order valence-electron chi connectivity index (χ2n) is 2.95. The second kappa shape index (κ2) is 4.54. The van der Waals surface area contributed by atoms with Gasteiger partial charge in [0.1, 0.15) is 11.6 Å². The van der Waals surface area contributed by atoms with Crippen LogP contribution in [-0.2, 0) is 4.79 Å². The number of carbonyl (C=O) groups is 2. The van der Waals surface area contributed by atoms with Gasteiger partial charge in [0.05, 0.1) is 5.56 Å². The average molecular weight is 211 g/mol. The first-order valence-electron chi connectivity index (χ1n) is 4.22. The van der Waals surface area contributed by atoms with Crippen molar-refractivity contribution in [2.24, 2.45) is 5.73 Å². The molecule has 0 unspecified atom stereocenters. The van der Waals surface area contributed by atoms with Crippen molar-refractivity contribution in [2.75, 3.05) is 6.61 Å². The highest BCUT2D eigenvalue weighted by atomic mass is 19.1. The molecular formula is C10H10FNO3. The van der Waals surface area contributed by atoms with Gasteiger partial charge in [-0.15, -0.1) is 0 Å². The number of amides is 1. The third-order valence-electron chi connectivity index (χ3n) is 1.69. The number of rotatable bonds is 4. The lowest BCUT2D eigenvalue weighted by Crippen LogP contribution is -2.20. The number of ketones is 1. The fraction of sp³-hybridized carbons (Fsp3) is 0.200. The molecular weight excluding hydrogens is 201 g/mol. The number of carbonyl (C=O) groups excluding carboxylic acids is 2. The first-order valence-corrected chi connectivity index (χ1v) is 4.22. The summed E-state index contributed by atoms with van der Waals surface area (Å²) < 4.78 is 17.7. The van der Waals surface area contributed by atoms with E-state index in [9.17, 15) is 14.0 Å². The van der Waals surface area contributed by atoms with Gasteiger partial charge in [0.25, 0.3) is 5.91 Å². The van der Waals surface area contributed by atoms with Gasteiger partial charge in [-0.05, 0) is 19.1 Å². The third kappa shape index (κ3) is 3.05. The van der Waals surface area contributed by atoms with Gasteiger partial charge in [-0.1, -0.05) is 0 Å². The molecule has 2 N–H and O–H groups in total. The quantitative estimate of drug-likeness (QED) is 0.752. The van der Waals surface area contributed by atoms with Crippen LogP contribution in [0.3, 0.4) is 0 Å².